The lowest BCUT2D eigenvalue weighted by Gasteiger charge is -2.32. The van der Waals surface area contributed by atoms with E-state index in [2.05, 4.69) is 21.8 Å². The molecule has 5 nitrogen and oxygen atoms in total. The van der Waals surface area contributed by atoms with Gasteiger partial charge in [-0.1, -0.05) is 19.8 Å². The Morgan fingerprint density at radius 2 is 2.04 bits per heavy atom. The maximum atomic E-state index is 13.5. The molecule has 0 aliphatic heterocycles. The Kier molecular flexibility index (Phi) is 6.10. The van der Waals surface area contributed by atoms with Gasteiger partial charge in [0.05, 0.1) is 5.52 Å². The number of fused-ring (bicyclic) bond motifs is 1. The summed E-state index contributed by atoms with van der Waals surface area (Å²) in [6.45, 7) is 5.05. The zero-order chi connectivity index (χ0) is 16.8. The van der Waals surface area contributed by atoms with Crippen LogP contribution in [-0.2, 0) is 0 Å². The number of hydrogen-bond acceptors (Lipinski definition) is 5. The third-order valence-electron chi connectivity index (χ3n) is 4.06. The molecule has 2 aromatic rings. The zero-order valence-electron chi connectivity index (χ0n) is 13.8. The summed E-state index contributed by atoms with van der Waals surface area (Å²) in [5.74, 6) is 0.502. The van der Waals surface area contributed by atoms with Crippen LogP contribution in [0.15, 0.2) is 18.2 Å². The quantitative estimate of drug-likeness (QED) is 0.781. The van der Waals surface area contributed by atoms with Crippen molar-refractivity contribution >= 4 is 22.7 Å². The van der Waals surface area contributed by atoms with E-state index in [0.717, 1.165) is 31.2 Å². The third-order valence-corrected chi connectivity index (χ3v) is 4.06. The molecule has 1 aromatic carbocycles. The van der Waals surface area contributed by atoms with Crippen LogP contribution in [0.1, 0.15) is 39.5 Å². The van der Waals surface area contributed by atoms with Crippen LogP contribution in [-0.4, -0.2) is 34.3 Å². The second-order valence-electron chi connectivity index (χ2n) is 5.66. The number of anilines is 2. The fourth-order valence-electron chi connectivity index (χ4n) is 2.95. The van der Waals surface area contributed by atoms with E-state index in [-0.39, 0.29) is 24.4 Å². The predicted molar refractivity (Wildman–Crippen MR) is 91.9 cm³/mol. The van der Waals surface area contributed by atoms with Gasteiger partial charge in [0, 0.05) is 30.6 Å². The lowest BCUT2D eigenvalue weighted by atomic mass is 10.0. The molecule has 0 unspecified atom stereocenters. The van der Waals surface area contributed by atoms with Crippen LogP contribution in [0.4, 0.5) is 16.2 Å². The second-order valence-corrected chi connectivity index (χ2v) is 5.66. The standard InChI is InChI=1S/C17H25FN4O/c1-3-5-6-13(9-10-23)22(4-2)16-14-8-7-12(18)11-15(14)20-17(19)21-16/h7-8,11,13,23H,3-6,9-10H2,1-2H3,(H2,19,20,21)/t13-/m0/s1. The summed E-state index contributed by atoms with van der Waals surface area (Å²) in [7, 11) is 0. The molecule has 2 rings (SSSR count). The number of rotatable bonds is 8. The summed E-state index contributed by atoms with van der Waals surface area (Å²) in [5, 5.41) is 10.2. The number of aliphatic hydroxyl groups is 1. The number of aromatic nitrogens is 2. The molecule has 0 saturated carbocycles. The van der Waals surface area contributed by atoms with Gasteiger partial charge in [-0.25, -0.2) is 9.37 Å². The first kappa shape index (κ1) is 17.4. The maximum absolute atomic E-state index is 13.5. The summed E-state index contributed by atoms with van der Waals surface area (Å²) in [6, 6.07) is 4.65. The van der Waals surface area contributed by atoms with E-state index in [4.69, 9.17) is 5.73 Å². The van der Waals surface area contributed by atoms with Crippen LogP contribution in [0.25, 0.3) is 10.9 Å². The molecular weight excluding hydrogens is 295 g/mol. The van der Waals surface area contributed by atoms with Gasteiger partial charge in [-0.3, -0.25) is 0 Å². The minimum atomic E-state index is -0.345. The molecule has 0 saturated heterocycles. The van der Waals surface area contributed by atoms with Crippen LogP contribution in [0.2, 0.25) is 0 Å². The molecule has 1 heterocycles. The molecule has 0 aliphatic carbocycles. The minimum absolute atomic E-state index is 0.123. The molecule has 0 bridgehead atoms. The highest BCUT2D eigenvalue weighted by Crippen LogP contribution is 2.28. The first-order chi connectivity index (χ1) is 11.1. The van der Waals surface area contributed by atoms with Crippen molar-refractivity contribution in [3.05, 3.63) is 24.0 Å². The van der Waals surface area contributed by atoms with Crippen LogP contribution >= 0.6 is 0 Å². The maximum Gasteiger partial charge on any atom is 0.222 e. The molecule has 3 N–H and O–H groups in total. The predicted octanol–water partition coefficient (Wildman–Crippen LogP) is 3.12. The van der Waals surface area contributed by atoms with Crippen molar-refractivity contribution in [1.82, 2.24) is 9.97 Å². The minimum Gasteiger partial charge on any atom is -0.396 e. The lowest BCUT2D eigenvalue weighted by Crippen LogP contribution is -2.37. The van der Waals surface area contributed by atoms with E-state index in [0.29, 0.717) is 17.8 Å². The Hall–Kier alpha value is -1.95. The molecule has 0 aliphatic rings. The fraction of sp³-hybridized carbons (Fsp3) is 0.529. The molecule has 0 fully saturated rings. The molecule has 23 heavy (non-hydrogen) atoms. The van der Waals surface area contributed by atoms with Crippen molar-refractivity contribution in [3.8, 4) is 0 Å². The summed E-state index contributed by atoms with van der Waals surface area (Å²) in [4.78, 5) is 10.7. The van der Waals surface area contributed by atoms with Crippen molar-refractivity contribution in [2.45, 2.75) is 45.6 Å². The average molecular weight is 320 g/mol. The summed E-state index contributed by atoms with van der Waals surface area (Å²) >= 11 is 0. The summed E-state index contributed by atoms with van der Waals surface area (Å²) < 4.78 is 13.5. The Labute approximate surface area is 136 Å². The highest BCUT2D eigenvalue weighted by molar-refractivity contribution is 5.90. The van der Waals surface area contributed by atoms with Crippen molar-refractivity contribution in [3.63, 3.8) is 0 Å². The molecule has 0 radical (unpaired) electrons. The second kappa shape index (κ2) is 8.06. The van der Waals surface area contributed by atoms with E-state index >= 15 is 0 Å². The fourth-order valence-corrected chi connectivity index (χ4v) is 2.95. The van der Waals surface area contributed by atoms with E-state index in [9.17, 15) is 9.50 Å². The third kappa shape index (κ3) is 4.07. The van der Waals surface area contributed by atoms with Gasteiger partial charge >= 0.3 is 0 Å². The number of unbranched alkanes of at least 4 members (excludes halogenated alkanes) is 1. The summed E-state index contributed by atoms with van der Waals surface area (Å²) in [6.07, 6.45) is 3.81. The Bertz CT molecular complexity index is 645. The van der Waals surface area contributed by atoms with Crippen molar-refractivity contribution < 1.29 is 9.50 Å². The first-order valence-electron chi connectivity index (χ1n) is 8.21. The van der Waals surface area contributed by atoms with Gasteiger partial charge in [-0.15, -0.1) is 0 Å². The van der Waals surface area contributed by atoms with Gasteiger partial charge in [-0.05, 0) is 31.9 Å². The number of halogens is 1. The Morgan fingerprint density at radius 1 is 1.26 bits per heavy atom. The van der Waals surface area contributed by atoms with Crippen LogP contribution in [0, 0.1) is 5.82 Å². The van der Waals surface area contributed by atoms with E-state index in [1.165, 1.54) is 12.1 Å². The van der Waals surface area contributed by atoms with Gasteiger partial charge in [0.25, 0.3) is 0 Å². The monoisotopic (exact) mass is 320 g/mol. The van der Waals surface area contributed by atoms with Gasteiger partial charge in [0.2, 0.25) is 5.95 Å². The highest BCUT2D eigenvalue weighted by Gasteiger charge is 2.21. The Morgan fingerprint density at radius 3 is 2.70 bits per heavy atom. The van der Waals surface area contributed by atoms with Crippen LogP contribution < -0.4 is 10.6 Å². The van der Waals surface area contributed by atoms with Gasteiger partial charge < -0.3 is 15.7 Å². The SMILES string of the molecule is CCCC[C@@H](CCO)N(CC)c1nc(N)nc2cc(F)ccc12. The van der Waals surface area contributed by atoms with Gasteiger partial charge in [0.1, 0.15) is 11.6 Å². The largest absolute Gasteiger partial charge is 0.396 e. The lowest BCUT2D eigenvalue weighted by molar-refractivity contribution is 0.268. The molecule has 126 valence electrons. The first-order valence-corrected chi connectivity index (χ1v) is 8.21. The molecular formula is C17H25FN4O. The molecule has 0 spiro atoms. The van der Waals surface area contributed by atoms with E-state index < -0.39 is 0 Å². The molecule has 0 amide bonds. The van der Waals surface area contributed by atoms with Crippen LogP contribution in [0.5, 0.6) is 0 Å². The molecule has 6 heteroatoms. The topological polar surface area (TPSA) is 75.3 Å². The number of benzene rings is 1. The smallest absolute Gasteiger partial charge is 0.222 e. The van der Waals surface area contributed by atoms with Crippen LogP contribution in [0.3, 0.4) is 0 Å². The normalized spacial score (nSPS) is 12.5. The van der Waals surface area contributed by atoms with E-state index in [1.54, 1.807) is 6.07 Å². The van der Waals surface area contributed by atoms with Crippen molar-refractivity contribution in [2.24, 2.45) is 0 Å². The average Bonchev–Trinajstić information content (AvgIpc) is 2.52. The van der Waals surface area contributed by atoms with E-state index in [1.807, 2.05) is 6.92 Å². The van der Waals surface area contributed by atoms with Crippen molar-refractivity contribution in [1.29, 1.82) is 0 Å². The number of nitrogen functional groups attached to an aromatic ring is 1. The number of nitrogens with two attached hydrogens (primary N) is 1. The number of hydrogen-bond donors (Lipinski definition) is 2. The number of nitrogens with zero attached hydrogens (tertiary/aromatic N) is 3. The highest BCUT2D eigenvalue weighted by atomic mass is 19.1. The number of aliphatic hydroxyl groups excluding tert-OH is 1. The van der Waals surface area contributed by atoms with Crippen molar-refractivity contribution in [2.75, 3.05) is 23.8 Å². The molecule has 1 atom stereocenters. The zero-order valence-corrected chi connectivity index (χ0v) is 13.8. The molecule has 1 aromatic heterocycles. The Balaban J connectivity index is 2.48. The summed E-state index contributed by atoms with van der Waals surface area (Å²) in [5.41, 5.74) is 6.32. The van der Waals surface area contributed by atoms with Gasteiger partial charge in [0.15, 0.2) is 0 Å². The van der Waals surface area contributed by atoms with Gasteiger partial charge in [-0.2, -0.15) is 4.98 Å².